The number of aromatic nitrogens is 1. The molecule has 1 heterocycles. The predicted molar refractivity (Wildman–Crippen MR) is 62.9 cm³/mol. The minimum atomic E-state index is -4.46. The van der Waals surface area contributed by atoms with Crippen LogP contribution in [-0.4, -0.2) is 48.0 Å². The minimum Gasteiger partial charge on any atom is -0.480 e. The number of nitrogens with zero attached hydrogens (tertiary/aromatic N) is 1. The van der Waals surface area contributed by atoms with Crippen LogP contribution in [0, 0.1) is 0 Å². The Labute approximate surface area is 116 Å². The Morgan fingerprint density at radius 3 is 2.52 bits per heavy atom. The lowest BCUT2D eigenvalue weighted by atomic mass is 10.4. The van der Waals surface area contributed by atoms with Gasteiger partial charge in [0.15, 0.2) is 6.61 Å². The first-order valence-corrected chi connectivity index (χ1v) is 5.51. The zero-order chi connectivity index (χ0) is 15.9. The highest BCUT2D eigenvalue weighted by molar-refractivity contribution is 5.91. The number of aliphatic carboxylic acids is 1. The van der Waals surface area contributed by atoms with E-state index in [0.717, 1.165) is 12.3 Å². The van der Waals surface area contributed by atoms with Crippen molar-refractivity contribution in [2.75, 3.05) is 25.1 Å². The third-order valence-electron chi connectivity index (χ3n) is 1.86. The molecule has 2 N–H and O–H groups in total. The van der Waals surface area contributed by atoms with Crippen molar-refractivity contribution >= 4 is 17.6 Å². The molecule has 1 rings (SSSR count). The van der Waals surface area contributed by atoms with E-state index in [-0.39, 0.29) is 11.6 Å². The number of hydrogen-bond acceptors (Lipinski definition) is 5. The number of alkyl halides is 3. The zero-order valence-electron chi connectivity index (χ0n) is 10.5. The average Bonchev–Trinajstić information content (AvgIpc) is 2.36. The normalized spacial score (nSPS) is 11.0. The van der Waals surface area contributed by atoms with Crippen LogP contribution < -0.4 is 10.1 Å². The van der Waals surface area contributed by atoms with Crippen LogP contribution in [0.25, 0.3) is 0 Å². The van der Waals surface area contributed by atoms with E-state index in [1.165, 1.54) is 6.07 Å². The van der Waals surface area contributed by atoms with Crippen molar-refractivity contribution in [2.24, 2.45) is 0 Å². The molecule has 1 amide bonds. The van der Waals surface area contributed by atoms with Gasteiger partial charge in [0.05, 0.1) is 11.9 Å². The second-order valence-corrected chi connectivity index (χ2v) is 3.72. The molecule has 1 aromatic heterocycles. The molecule has 0 radical (unpaired) electrons. The highest BCUT2D eigenvalue weighted by Crippen LogP contribution is 2.17. The first-order chi connectivity index (χ1) is 9.76. The van der Waals surface area contributed by atoms with Crippen LogP contribution >= 0.6 is 0 Å². The van der Waals surface area contributed by atoms with E-state index in [9.17, 15) is 22.8 Å². The summed E-state index contributed by atoms with van der Waals surface area (Å²) in [6.07, 6.45) is -3.36. The van der Waals surface area contributed by atoms with Crippen LogP contribution in [0.3, 0.4) is 0 Å². The van der Waals surface area contributed by atoms with E-state index in [1.807, 2.05) is 0 Å². The Hall–Kier alpha value is -2.36. The highest BCUT2D eigenvalue weighted by Gasteiger charge is 2.28. The Morgan fingerprint density at radius 2 is 2.00 bits per heavy atom. The molecule has 0 bridgehead atoms. The molecule has 7 nitrogen and oxygen atoms in total. The second-order valence-electron chi connectivity index (χ2n) is 3.72. The summed E-state index contributed by atoms with van der Waals surface area (Å²) >= 11 is 0. The van der Waals surface area contributed by atoms with Gasteiger partial charge in [-0.15, -0.1) is 0 Å². The zero-order valence-corrected chi connectivity index (χ0v) is 10.5. The lowest BCUT2D eigenvalue weighted by molar-refractivity contribution is -0.154. The molecule has 10 heteroatoms. The van der Waals surface area contributed by atoms with E-state index in [4.69, 9.17) is 5.11 Å². The summed E-state index contributed by atoms with van der Waals surface area (Å²) in [5.41, 5.74) is 0.207. The molecule has 0 aliphatic heterocycles. The predicted octanol–water partition coefficient (Wildman–Crippen LogP) is 1.06. The van der Waals surface area contributed by atoms with Crippen molar-refractivity contribution < 1.29 is 37.3 Å². The molecule has 0 aliphatic rings. The number of carboxylic acid groups (broad SMARTS) is 1. The summed E-state index contributed by atoms with van der Waals surface area (Å²) in [5, 5.41) is 10.6. The number of nitrogens with one attached hydrogen (secondary N) is 1. The van der Waals surface area contributed by atoms with Gasteiger partial charge in [-0.25, -0.2) is 9.78 Å². The number of anilines is 1. The van der Waals surface area contributed by atoms with Gasteiger partial charge >= 0.3 is 12.1 Å². The van der Waals surface area contributed by atoms with Gasteiger partial charge in [-0.3, -0.25) is 4.79 Å². The van der Waals surface area contributed by atoms with Gasteiger partial charge in [0.25, 0.3) is 0 Å². The first kappa shape index (κ1) is 16.7. The fraction of sp³-hybridized carbons (Fsp3) is 0.364. The lowest BCUT2D eigenvalue weighted by Gasteiger charge is -2.09. The molecular weight excluding hydrogens is 297 g/mol. The summed E-state index contributed by atoms with van der Waals surface area (Å²) in [6.45, 7) is -2.55. The largest absolute Gasteiger partial charge is 0.480 e. The topological polar surface area (TPSA) is 97.8 Å². The highest BCUT2D eigenvalue weighted by atomic mass is 19.4. The van der Waals surface area contributed by atoms with Crippen LogP contribution in [0.4, 0.5) is 18.9 Å². The van der Waals surface area contributed by atoms with Gasteiger partial charge in [-0.05, 0) is 6.07 Å². The van der Waals surface area contributed by atoms with Gasteiger partial charge in [-0.2, -0.15) is 13.2 Å². The number of carboxylic acids is 1. The second kappa shape index (κ2) is 7.43. The fourth-order valence-electron chi connectivity index (χ4n) is 1.12. The maximum absolute atomic E-state index is 11.9. The maximum Gasteiger partial charge on any atom is 0.422 e. The molecule has 1 aromatic rings. The van der Waals surface area contributed by atoms with Gasteiger partial charge in [0, 0.05) is 6.07 Å². The molecule has 0 unspecified atom stereocenters. The third-order valence-corrected chi connectivity index (χ3v) is 1.86. The summed E-state index contributed by atoms with van der Waals surface area (Å²) in [6, 6.07) is 2.44. The van der Waals surface area contributed by atoms with Gasteiger partial charge in [0.2, 0.25) is 11.8 Å². The Kier molecular flexibility index (Phi) is 5.91. The van der Waals surface area contributed by atoms with Gasteiger partial charge in [0.1, 0.15) is 13.2 Å². The molecule has 0 aromatic carbocycles. The summed E-state index contributed by atoms with van der Waals surface area (Å²) in [4.78, 5) is 25.0. The van der Waals surface area contributed by atoms with E-state index in [1.54, 1.807) is 0 Å². The fourth-order valence-corrected chi connectivity index (χ4v) is 1.12. The molecule has 0 saturated heterocycles. The number of hydrogen-bond donors (Lipinski definition) is 2. The molecule has 0 saturated carbocycles. The van der Waals surface area contributed by atoms with Crippen LogP contribution in [-0.2, 0) is 14.3 Å². The van der Waals surface area contributed by atoms with E-state index >= 15 is 0 Å². The summed E-state index contributed by atoms with van der Waals surface area (Å²) in [5.74, 6) is -2.08. The third kappa shape index (κ3) is 7.72. The van der Waals surface area contributed by atoms with E-state index in [2.05, 4.69) is 19.8 Å². The van der Waals surface area contributed by atoms with Crippen molar-refractivity contribution in [3.8, 4) is 5.88 Å². The lowest BCUT2D eigenvalue weighted by Crippen LogP contribution is -2.21. The van der Waals surface area contributed by atoms with Crippen molar-refractivity contribution in [3.05, 3.63) is 18.3 Å². The molecule has 0 spiro atoms. The number of rotatable bonds is 7. The van der Waals surface area contributed by atoms with Crippen molar-refractivity contribution in [3.63, 3.8) is 0 Å². The Morgan fingerprint density at radius 1 is 1.29 bits per heavy atom. The first-order valence-electron chi connectivity index (χ1n) is 5.51. The Balaban J connectivity index is 2.40. The van der Waals surface area contributed by atoms with Crippen LogP contribution in [0.15, 0.2) is 18.3 Å². The van der Waals surface area contributed by atoms with E-state index < -0.39 is 37.9 Å². The summed E-state index contributed by atoms with van der Waals surface area (Å²) < 4.78 is 44.6. The standard InChI is InChI=1S/C11H11F3N2O5/c12-11(13,14)6-21-9-2-1-7(3-15-9)16-8(17)4-20-5-10(18)19/h1-3H,4-6H2,(H,16,17)(H,18,19). The van der Waals surface area contributed by atoms with E-state index in [0.29, 0.717) is 0 Å². The quantitative estimate of drug-likeness (QED) is 0.781. The van der Waals surface area contributed by atoms with Crippen molar-refractivity contribution in [1.82, 2.24) is 4.98 Å². The monoisotopic (exact) mass is 308 g/mol. The number of amides is 1. The molecule has 21 heavy (non-hydrogen) atoms. The number of halogens is 3. The van der Waals surface area contributed by atoms with Crippen LogP contribution in [0.1, 0.15) is 0 Å². The van der Waals surface area contributed by atoms with Crippen LogP contribution in [0.2, 0.25) is 0 Å². The average molecular weight is 308 g/mol. The summed E-state index contributed by atoms with van der Waals surface area (Å²) in [7, 11) is 0. The molecule has 0 fully saturated rings. The molecule has 116 valence electrons. The molecule has 0 aliphatic carbocycles. The smallest absolute Gasteiger partial charge is 0.422 e. The number of carbonyl (C=O) groups excluding carboxylic acids is 1. The minimum absolute atomic E-state index is 0.207. The number of carbonyl (C=O) groups is 2. The number of pyridine rings is 1. The molecular formula is C11H11F3N2O5. The van der Waals surface area contributed by atoms with Crippen molar-refractivity contribution in [1.29, 1.82) is 0 Å². The molecule has 0 atom stereocenters. The van der Waals surface area contributed by atoms with Gasteiger partial charge < -0.3 is 19.9 Å². The van der Waals surface area contributed by atoms with Crippen molar-refractivity contribution in [2.45, 2.75) is 6.18 Å². The van der Waals surface area contributed by atoms with Gasteiger partial charge in [-0.1, -0.05) is 0 Å². The maximum atomic E-state index is 11.9. The Bertz CT molecular complexity index is 490. The SMILES string of the molecule is O=C(O)COCC(=O)Nc1ccc(OCC(F)(F)F)nc1. The van der Waals surface area contributed by atoms with Crippen LogP contribution in [0.5, 0.6) is 5.88 Å². The number of ether oxygens (including phenoxy) is 2.